The van der Waals surface area contributed by atoms with Gasteiger partial charge in [-0.15, -0.1) is 0 Å². The number of aliphatic carboxylic acids is 1. The van der Waals surface area contributed by atoms with Gasteiger partial charge in [0.15, 0.2) is 0 Å². The Hall–Kier alpha value is -1.59. The summed E-state index contributed by atoms with van der Waals surface area (Å²) >= 11 is 0. The molecule has 0 bridgehead atoms. The van der Waals surface area contributed by atoms with E-state index < -0.39 is 11.9 Å². The first-order valence-electron chi connectivity index (χ1n) is 9.82. The van der Waals surface area contributed by atoms with E-state index in [9.17, 15) is 14.4 Å². The van der Waals surface area contributed by atoms with Crippen molar-refractivity contribution < 1.29 is 19.5 Å². The van der Waals surface area contributed by atoms with Gasteiger partial charge in [-0.1, -0.05) is 0 Å². The standard InChI is InChI=1S/C19H28N2O4/c22-16(13-4-5-14(13)18(24)25)21-10-6-19(7-11-21)12-15(19)17(23)20-8-2-1-3-9-20/h13-15H,1-12H2,(H,24,25). The minimum Gasteiger partial charge on any atom is -0.481 e. The molecule has 0 aromatic heterocycles. The maximum Gasteiger partial charge on any atom is 0.307 e. The molecule has 2 amide bonds. The van der Waals surface area contributed by atoms with Gasteiger partial charge in [0.1, 0.15) is 0 Å². The Balaban J connectivity index is 1.30. The second-order valence-electron chi connectivity index (χ2n) is 8.46. The number of amides is 2. The second kappa shape index (κ2) is 6.29. The van der Waals surface area contributed by atoms with E-state index in [1.165, 1.54) is 6.42 Å². The number of carbonyl (C=O) groups excluding carboxylic acids is 2. The van der Waals surface area contributed by atoms with E-state index in [-0.39, 0.29) is 23.2 Å². The lowest BCUT2D eigenvalue weighted by Crippen LogP contribution is -2.49. The monoisotopic (exact) mass is 348 g/mol. The maximum atomic E-state index is 12.7. The van der Waals surface area contributed by atoms with E-state index in [2.05, 4.69) is 0 Å². The van der Waals surface area contributed by atoms with Crippen LogP contribution in [0, 0.1) is 23.2 Å². The fourth-order valence-electron chi connectivity index (χ4n) is 5.08. The SMILES string of the molecule is O=C(O)C1CCC1C(=O)N1CCC2(CC1)CC2C(=O)N1CCCCC1. The van der Waals surface area contributed by atoms with Gasteiger partial charge >= 0.3 is 5.97 Å². The number of carboxylic acids is 1. The van der Waals surface area contributed by atoms with Crippen LogP contribution in [0.2, 0.25) is 0 Å². The zero-order chi connectivity index (χ0) is 17.6. The predicted molar refractivity (Wildman–Crippen MR) is 90.6 cm³/mol. The number of hydrogen-bond donors (Lipinski definition) is 1. The van der Waals surface area contributed by atoms with E-state index >= 15 is 0 Å². The molecule has 0 aromatic carbocycles. The lowest BCUT2D eigenvalue weighted by molar-refractivity contribution is -0.157. The van der Waals surface area contributed by atoms with Crippen LogP contribution >= 0.6 is 0 Å². The number of hydrogen-bond acceptors (Lipinski definition) is 3. The summed E-state index contributed by atoms with van der Waals surface area (Å²) in [5.74, 6) is -1.13. The summed E-state index contributed by atoms with van der Waals surface area (Å²) in [7, 11) is 0. The summed E-state index contributed by atoms with van der Waals surface area (Å²) in [6, 6.07) is 0. The first-order valence-corrected chi connectivity index (χ1v) is 9.82. The average Bonchev–Trinajstić information content (AvgIpc) is 3.27. The van der Waals surface area contributed by atoms with E-state index in [1.807, 2.05) is 9.80 Å². The van der Waals surface area contributed by atoms with Crippen LogP contribution < -0.4 is 0 Å². The predicted octanol–water partition coefficient (Wildman–Crippen LogP) is 1.74. The third kappa shape index (κ3) is 2.93. The van der Waals surface area contributed by atoms with Crippen molar-refractivity contribution in [3.63, 3.8) is 0 Å². The fourth-order valence-corrected chi connectivity index (χ4v) is 5.08. The highest BCUT2D eigenvalue weighted by Gasteiger charge is 2.60. The molecule has 2 aliphatic heterocycles. The van der Waals surface area contributed by atoms with Crippen molar-refractivity contribution in [3.8, 4) is 0 Å². The van der Waals surface area contributed by atoms with Crippen LogP contribution in [0.4, 0.5) is 0 Å². The van der Waals surface area contributed by atoms with Crippen LogP contribution in [-0.2, 0) is 14.4 Å². The normalized spacial score (nSPS) is 33.7. The minimum atomic E-state index is -0.840. The number of nitrogens with zero attached hydrogens (tertiary/aromatic N) is 2. The molecule has 1 N–H and O–H groups in total. The van der Waals surface area contributed by atoms with Gasteiger partial charge in [-0.05, 0) is 56.8 Å². The van der Waals surface area contributed by atoms with Gasteiger partial charge in [0.25, 0.3) is 0 Å². The molecule has 3 atom stereocenters. The summed E-state index contributed by atoms with van der Waals surface area (Å²) in [5, 5.41) is 9.15. The Kier molecular flexibility index (Phi) is 4.24. The highest BCUT2D eigenvalue weighted by molar-refractivity contribution is 5.87. The van der Waals surface area contributed by atoms with E-state index in [1.54, 1.807) is 0 Å². The Labute approximate surface area is 148 Å². The topological polar surface area (TPSA) is 77.9 Å². The van der Waals surface area contributed by atoms with Gasteiger partial charge in [-0.25, -0.2) is 0 Å². The van der Waals surface area contributed by atoms with Gasteiger partial charge in [0, 0.05) is 32.1 Å². The number of rotatable bonds is 3. The van der Waals surface area contributed by atoms with Crippen LogP contribution in [0.5, 0.6) is 0 Å². The molecule has 138 valence electrons. The largest absolute Gasteiger partial charge is 0.481 e. The Morgan fingerprint density at radius 1 is 0.800 bits per heavy atom. The Bertz CT molecular complexity index is 576. The second-order valence-corrected chi connectivity index (χ2v) is 8.46. The van der Waals surface area contributed by atoms with Crippen LogP contribution in [0.1, 0.15) is 51.4 Å². The number of piperidine rings is 2. The van der Waals surface area contributed by atoms with Gasteiger partial charge < -0.3 is 14.9 Å². The molecule has 2 saturated heterocycles. The third-order valence-electron chi connectivity index (χ3n) is 7.14. The summed E-state index contributed by atoms with van der Waals surface area (Å²) in [4.78, 5) is 40.3. The first-order chi connectivity index (χ1) is 12.0. The molecule has 4 rings (SSSR count). The molecule has 2 saturated carbocycles. The van der Waals surface area contributed by atoms with Crippen molar-refractivity contribution in [2.24, 2.45) is 23.2 Å². The van der Waals surface area contributed by atoms with Gasteiger partial charge in [-0.3, -0.25) is 14.4 Å². The molecule has 1 spiro atoms. The number of likely N-dealkylation sites (tertiary alicyclic amines) is 2. The van der Waals surface area contributed by atoms with Gasteiger partial charge in [0.2, 0.25) is 11.8 Å². The highest BCUT2D eigenvalue weighted by atomic mass is 16.4. The Morgan fingerprint density at radius 2 is 1.40 bits per heavy atom. The number of carboxylic acid groups (broad SMARTS) is 1. The van der Waals surface area contributed by atoms with E-state index in [4.69, 9.17) is 5.11 Å². The zero-order valence-electron chi connectivity index (χ0n) is 14.8. The quantitative estimate of drug-likeness (QED) is 0.843. The number of carbonyl (C=O) groups is 3. The smallest absolute Gasteiger partial charge is 0.307 e. The fraction of sp³-hybridized carbons (Fsp3) is 0.842. The van der Waals surface area contributed by atoms with Crippen LogP contribution in [-0.4, -0.2) is 58.9 Å². The van der Waals surface area contributed by atoms with E-state index in [0.29, 0.717) is 31.8 Å². The summed E-state index contributed by atoms with van der Waals surface area (Å²) in [6.45, 7) is 3.19. The molecule has 6 heteroatoms. The molecule has 3 unspecified atom stereocenters. The molecule has 2 heterocycles. The van der Waals surface area contributed by atoms with Crippen molar-refractivity contribution in [3.05, 3.63) is 0 Å². The van der Waals surface area contributed by atoms with Crippen molar-refractivity contribution in [2.75, 3.05) is 26.2 Å². The summed E-state index contributed by atoms with van der Waals surface area (Å²) in [5.41, 5.74) is 0.122. The van der Waals surface area contributed by atoms with Gasteiger partial charge in [-0.2, -0.15) is 0 Å². The van der Waals surface area contributed by atoms with Crippen LogP contribution in [0.15, 0.2) is 0 Å². The van der Waals surface area contributed by atoms with Crippen LogP contribution in [0.3, 0.4) is 0 Å². The first kappa shape index (κ1) is 16.9. The Morgan fingerprint density at radius 3 is 1.96 bits per heavy atom. The third-order valence-corrected chi connectivity index (χ3v) is 7.14. The van der Waals surface area contributed by atoms with E-state index in [0.717, 1.165) is 45.2 Å². The molecule has 4 aliphatic rings. The summed E-state index contributed by atoms with van der Waals surface area (Å²) < 4.78 is 0. The van der Waals surface area contributed by atoms with Crippen LogP contribution in [0.25, 0.3) is 0 Å². The molecule has 2 aliphatic carbocycles. The van der Waals surface area contributed by atoms with Gasteiger partial charge in [0.05, 0.1) is 11.8 Å². The van der Waals surface area contributed by atoms with Crippen molar-refractivity contribution in [2.45, 2.75) is 51.4 Å². The summed E-state index contributed by atoms with van der Waals surface area (Å²) in [6.07, 6.45) is 7.57. The highest BCUT2D eigenvalue weighted by Crippen LogP contribution is 2.60. The molecular formula is C19H28N2O4. The molecule has 0 aromatic rings. The molecule has 25 heavy (non-hydrogen) atoms. The van der Waals surface area contributed by atoms with Crippen molar-refractivity contribution >= 4 is 17.8 Å². The molecular weight excluding hydrogens is 320 g/mol. The molecule has 6 nitrogen and oxygen atoms in total. The van der Waals surface area contributed by atoms with Crippen molar-refractivity contribution in [1.29, 1.82) is 0 Å². The maximum absolute atomic E-state index is 12.7. The average molecular weight is 348 g/mol. The lowest BCUT2D eigenvalue weighted by atomic mass is 9.72. The minimum absolute atomic E-state index is 0.0213. The molecule has 4 fully saturated rings. The van der Waals surface area contributed by atoms with Crippen molar-refractivity contribution in [1.82, 2.24) is 9.80 Å². The zero-order valence-corrected chi connectivity index (χ0v) is 14.8. The molecule has 0 radical (unpaired) electrons. The lowest BCUT2D eigenvalue weighted by Gasteiger charge is -2.40.